The summed E-state index contributed by atoms with van der Waals surface area (Å²) in [5.41, 5.74) is 15.5. The molecule has 0 radical (unpaired) electrons. The van der Waals surface area contributed by atoms with E-state index in [1.165, 1.54) is 49.8 Å². The van der Waals surface area contributed by atoms with Gasteiger partial charge in [0.15, 0.2) is 17.5 Å². The lowest BCUT2D eigenvalue weighted by Gasteiger charge is -2.21. The van der Waals surface area contributed by atoms with Crippen molar-refractivity contribution >= 4 is 33.1 Å². The van der Waals surface area contributed by atoms with Crippen molar-refractivity contribution in [1.82, 2.24) is 19.5 Å². The van der Waals surface area contributed by atoms with Crippen LogP contribution in [0.1, 0.15) is 12.0 Å². The number of fused-ring (bicyclic) bond motifs is 6. The first-order valence-electron chi connectivity index (χ1n) is 21.1. The number of ether oxygens (including phenoxy) is 1. The molecule has 3 heterocycles. The van der Waals surface area contributed by atoms with E-state index in [9.17, 15) is 0 Å². The predicted molar refractivity (Wildman–Crippen MR) is 253 cm³/mol. The first kappa shape index (κ1) is 35.8. The summed E-state index contributed by atoms with van der Waals surface area (Å²) in [7, 11) is 0. The Labute approximate surface area is 359 Å². The van der Waals surface area contributed by atoms with Crippen molar-refractivity contribution in [2.75, 3.05) is 0 Å². The molecule has 0 saturated heterocycles. The summed E-state index contributed by atoms with van der Waals surface area (Å²) in [6.07, 6.45) is 5.04. The lowest BCUT2D eigenvalue weighted by molar-refractivity contribution is 0.280. The fraction of sp³-hybridized carbons (Fsp3) is 0.0351. The number of benzene rings is 8. The molecule has 62 heavy (non-hydrogen) atoms. The van der Waals surface area contributed by atoms with Gasteiger partial charge in [-0.15, -0.1) is 0 Å². The van der Waals surface area contributed by atoms with Gasteiger partial charge in [0, 0.05) is 50.7 Å². The van der Waals surface area contributed by atoms with E-state index in [1.54, 1.807) is 0 Å². The minimum atomic E-state index is -0.183. The van der Waals surface area contributed by atoms with Crippen LogP contribution in [-0.4, -0.2) is 25.6 Å². The molecular weight excluding hydrogens is 757 g/mol. The van der Waals surface area contributed by atoms with E-state index >= 15 is 0 Å². The van der Waals surface area contributed by atoms with Crippen LogP contribution < -0.4 is 4.74 Å². The molecule has 2 aliphatic rings. The van der Waals surface area contributed by atoms with Gasteiger partial charge >= 0.3 is 0 Å². The van der Waals surface area contributed by atoms with Crippen LogP contribution in [0.25, 0.3) is 101 Å². The Balaban J connectivity index is 0.992. The minimum Gasteiger partial charge on any atom is -0.485 e. The number of rotatable bonds is 7. The van der Waals surface area contributed by atoms with E-state index in [4.69, 9.17) is 19.7 Å². The first-order chi connectivity index (χ1) is 30.7. The summed E-state index contributed by atoms with van der Waals surface area (Å²) in [6.45, 7) is 0. The number of hydrogen-bond donors (Lipinski definition) is 0. The maximum atomic E-state index is 6.90. The standard InChI is InChI=1S/C57H38N4O/c1-5-15-37(16-6-1)41-23-13-24-44(33-41)56-58-55(40-21-11-4-12-22-40)59-57(60-56)48-25-14-26-52-54(48)47-31-29-45(36-53(47)62-52)61-50-32-28-42(38-17-7-2-8-18-38)34-49(50)46-30-27-43(35-51(46)61)39-19-9-3-10-20-39/h1-35,53H,36H2. The highest BCUT2D eigenvalue weighted by molar-refractivity contribution is 6.12. The maximum absolute atomic E-state index is 6.90. The van der Waals surface area contributed by atoms with Crippen molar-refractivity contribution in [2.24, 2.45) is 0 Å². The van der Waals surface area contributed by atoms with E-state index in [-0.39, 0.29) is 6.10 Å². The Morgan fingerprint density at radius 3 is 1.65 bits per heavy atom. The lowest BCUT2D eigenvalue weighted by Crippen LogP contribution is -2.17. The van der Waals surface area contributed by atoms with E-state index in [2.05, 4.69) is 174 Å². The fourth-order valence-electron chi connectivity index (χ4n) is 9.20. The molecule has 0 bridgehead atoms. The fourth-order valence-corrected chi connectivity index (χ4v) is 9.20. The van der Waals surface area contributed by atoms with E-state index in [1.807, 2.05) is 42.5 Å². The second-order valence-electron chi connectivity index (χ2n) is 15.9. The number of nitrogens with zero attached hydrogens (tertiary/aromatic N) is 4. The maximum Gasteiger partial charge on any atom is 0.164 e. The van der Waals surface area contributed by atoms with Gasteiger partial charge in [-0.2, -0.15) is 0 Å². The minimum absolute atomic E-state index is 0.183. The first-order valence-corrected chi connectivity index (χ1v) is 21.1. The third kappa shape index (κ3) is 6.22. The van der Waals surface area contributed by atoms with Crippen molar-refractivity contribution in [1.29, 1.82) is 0 Å². The molecule has 12 rings (SSSR count). The molecular formula is C57H38N4O. The molecule has 2 aromatic heterocycles. The topological polar surface area (TPSA) is 52.8 Å². The van der Waals surface area contributed by atoms with Crippen molar-refractivity contribution in [3.63, 3.8) is 0 Å². The van der Waals surface area contributed by atoms with Crippen LogP contribution in [-0.2, 0) is 0 Å². The molecule has 0 spiro atoms. The Morgan fingerprint density at radius 1 is 0.403 bits per heavy atom. The highest BCUT2D eigenvalue weighted by Gasteiger charge is 2.35. The van der Waals surface area contributed by atoms with Gasteiger partial charge in [0.2, 0.25) is 0 Å². The van der Waals surface area contributed by atoms with Crippen molar-refractivity contribution in [3.8, 4) is 73.3 Å². The largest absolute Gasteiger partial charge is 0.485 e. The van der Waals surface area contributed by atoms with Crippen molar-refractivity contribution < 1.29 is 4.74 Å². The van der Waals surface area contributed by atoms with Gasteiger partial charge in [-0.25, -0.2) is 15.0 Å². The molecule has 0 fully saturated rings. The van der Waals surface area contributed by atoms with Crippen LogP contribution in [0.5, 0.6) is 5.75 Å². The predicted octanol–water partition coefficient (Wildman–Crippen LogP) is 14.1. The summed E-state index contributed by atoms with van der Waals surface area (Å²) >= 11 is 0. The summed E-state index contributed by atoms with van der Waals surface area (Å²) in [6, 6.07) is 70.2. The molecule has 1 unspecified atom stereocenters. The Kier molecular flexibility index (Phi) is 8.56. The molecule has 292 valence electrons. The molecule has 1 atom stereocenters. The Bertz CT molecular complexity index is 3390. The normalized spacial score (nSPS) is 14.2. The van der Waals surface area contributed by atoms with Gasteiger partial charge in [-0.05, 0) is 69.8 Å². The highest BCUT2D eigenvalue weighted by Crippen LogP contribution is 2.48. The van der Waals surface area contributed by atoms with E-state index in [0.29, 0.717) is 23.9 Å². The van der Waals surface area contributed by atoms with Crippen molar-refractivity contribution in [2.45, 2.75) is 12.5 Å². The number of allylic oxidation sites excluding steroid dienone is 2. The lowest BCUT2D eigenvalue weighted by atomic mass is 9.91. The van der Waals surface area contributed by atoms with Gasteiger partial charge in [0.25, 0.3) is 0 Å². The quantitative estimate of drug-likeness (QED) is 0.161. The second-order valence-corrected chi connectivity index (χ2v) is 15.9. The summed E-state index contributed by atoms with van der Waals surface area (Å²) in [5, 5.41) is 2.45. The molecule has 10 aromatic rings. The Hall–Kier alpha value is -8.15. The second kappa shape index (κ2) is 14.8. The van der Waals surface area contributed by atoms with Crippen LogP contribution >= 0.6 is 0 Å². The number of aromatic nitrogens is 4. The van der Waals surface area contributed by atoms with Gasteiger partial charge in [0.1, 0.15) is 11.9 Å². The van der Waals surface area contributed by atoms with Crippen LogP contribution in [0.2, 0.25) is 0 Å². The SMILES string of the molecule is C1=C2c3c(cccc3-c3nc(-c4ccccc4)nc(-c4cccc(-c5ccccc5)c4)n3)OC2CC(n2c3ccc(-c4ccccc4)cc3c3ccc(-c4ccccc4)cc32)=C1. The third-order valence-electron chi connectivity index (χ3n) is 12.2. The molecule has 1 aliphatic heterocycles. The molecule has 0 saturated carbocycles. The molecule has 5 heteroatoms. The van der Waals surface area contributed by atoms with Gasteiger partial charge in [-0.3, -0.25) is 0 Å². The van der Waals surface area contributed by atoms with Crippen LogP contribution in [0.4, 0.5) is 0 Å². The molecule has 5 nitrogen and oxygen atoms in total. The van der Waals surface area contributed by atoms with E-state index in [0.717, 1.165) is 44.7 Å². The molecule has 0 amide bonds. The average Bonchev–Trinajstić information content (AvgIpc) is 3.89. The van der Waals surface area contributed by atoms with Crippen LogP contribution in [0, 0.1) is 0 Å². The Morgan fingerprint density at radius 2 is 0.952 bits per heavy atom. The zero-order chi connectivity index (χ0) is 41.0. The van der Waals surface area contributed by atoms with Crippen LogP contribution in [0.15, 0.2) is 212 Å². The van der Waals surface area contributed by atoms with Crippen molar-refractivity contribution in [3.05, 3.63) is 218 Å². The monoisotopic (exact) mass is 794 g/mol. The molecule has 8 aromatic carbocycles. The molecule has 1 aliphatic carbocycles. The summed E-state index contributed by atoms with van der Waals surface area (Å²) < 4.78 is 9.34. The van der Waals surface area contributed by atoms with Gasteiger partial charge in [-0.1, -0.05) is 176 Å². The highest BCUT2D eigenvalue weighted by atomic mass is 16.5. The summed E-state index contributed by atoms with van der Waals surface area (Å²) in [5.74, 6) is 2.70. The number of hydrogen-bond acceptors (Lipinski definition) is 4. The van der Waals surface area contributed by atoms with Gasteiger partial charge in [0.05, 0.1) is 11.0 Å². The van der Waals surface area contributed by atoms with Crippen LogP contribution in [0.3, 0.4) is 0 Å². The smallest absolute Gasteiger partial charge is 0.164 e. The zero-order valence-electron chi connectivity index (χ0n) is 33.7. The zero-order valence-corrected chi connectivity index (χ0v) is 33.7. The summed E-state index contributed by atoms with van der Waals surface area (Å²) in [4.78, 5) is 15.4. The van der Waals surface area contributed by atoms with E-state index < -0.39 is 0 Å². The third-order valence-corrected chi connectivity index (χ3v) is 12.2. The van der Waals surface area contributed by atoms with Gasteiger partial charge < -0.3 is 9.30 Å². The average molecular weight is 795 g/mol. The molecule has 0 N–H and O–H groups in total.